The van der Waals surface area contributed by atoms with E-state index in [2.05, 4.69) is 21.8 Å². The van der Waals surface area contributed by atoms with Crippen LogP contribution in [0.4, 0.5) is 5.95 Å². The van der Waals surface area contributed by atoms with E-state index in [0.29, 0.717) is 17.6 Å². The molecule has 0 bridgehead atoms. The fourth-order valence-electron chi connectivity index (χ4n) is 2.37. The lowest BCUT2D eigenvalue weighted by Crippen LogP contribution is -2.38. The average molecular weight is 264 g/mol. The van der Waals surface area contributed by atoms with E-state index in [0.717, 1.165) is 19.4 Å². The van der Waals surface area contributed by atoms with Gasteiger partial charge in [0, 0.05) is 36.6 Å². The first-order valence-corrected chi connectivity index (χ1v) is 6.64. The molecule has 1 aromatic rings. The monoisotopic (exact) mass is 264 g/mol. The van der Waals surface area contributed by atoms with Crippen molar-refractivity contribution in [2.45, 2.75) is 44.7 Å². The zero-order valence-corrected chi connectivity index (χ0v) is 11.1. The predicted octanol–water partition coefficient (Wildman–Crippen LogP) is 1.33. The predicted molar refractivity (Wildman–Crippen MR) is 71.9 cm³/mol. The van der Waals surface area contributed by atoms with Crippen LogP contribution in [0.15, 0.2) is 12.4 Å². The first-order valence-electron chi connectivity index (χ1n) is 6.64. The minimum atomic E-state index is -0.916. The molecule has 3 N–H and O–H groups in total. The molecular weight excluding hydrogens is 244 g/mol. The normalized spacial score (nSPS) is 21.2. The molecule has 6 heteroatoms. The smallest absolute Gasteiger partial charge is 0.305 e. The van der Waals surface area contributed by atoms with E-state index >= 15 is 0 Å². The molecule has 1 fully saturated rings. The first kappa shape index (κ1) is 13.7. The Kier molecular flexibility index (Phi) is 4.31. The van der Waals surface area contributed by atoms with Crippen LogP contribution in [0.3, 0.4) is 0 Å². The van der Waals surface area contributed by atoms with Gasteiger partial charge in [-0.25, -0.2) is 9.97 Å². The number of anilines is 1. The van der Waals surface area contributed by atoms with E-state index in [1.54, 1.807) is 12.4 Å². The molecule has 0 aromatic carbocycles. The van der Waals surface area contributed by atoms with Crippen LogP contribution in [0.1, 0.15) is 44.2 Å². The number of aliphatic carboxylic acids is 1. The molecule has 1 aromatic heterocycles. The number of aromatic nitrogens is 2. The Labute approximate surface area is 112 Å². The van der Waals surface area contributed by atoms with Gasteiger partial charge in [-0.15, -0.1) is 0 Å². The number of hydrogen-bond donors (Lipinski definition) is 2. The van der Waals surface area contributed by atoms with Crippen molar-refractivity contribution in [1.29, 1.82) is 0 Å². The average Bonchev–Trinajstić information content (AvgIpc) is 2.39. The van der Waals surface area contributed by atoms with Crippen molar-refractivity contribution in [1.82, 2.24) is 9.97 Å². The van der Waals surface area contributed by atoms with E-state index in [-0.39, 0.29) is 6.42 Å². The summed E-state index contributed by atoms with van der Waals surface area (Å²) in [7, 11) is 0. The van der Waals surface area contributed by atoms with E-state index in [1.165, 1.54) is 6.42 Å². The van der Waals surface area contributed by atoms with Gasteiger partial charge >= 0.3 is 5.97 Å². The Bertz CT molecular complexity index is 435. The lowest BCUT2D eigenvalue weighted by Gasteiger charge is -2.33. The van der Waals surface area contributed by atoms with Gasteiger partial charge in [-0.3, -0.25) is 4.79 Å². The second-order valence-corrected chi connectivity index (χ2v) is 5.06. The topological polar surface area (TPSA) is 92.3 Å². The zero-order valence-electron chi connectivity index (χ0n) is 11.1. The van der Waals surface area contributed by atoms with Crippen LogP contribution in [-0.2, 0) is 4.79 Å². The number of carboxylic acid groups (broad SMARTS) is 1. The van der Waals surface area contributed by atoms with E-state index in [9.17, 15) is 4.79 Å². The van der Waals surface area contributed by atoms with Crippen LogP contribution >= 0.6 is 0 Å². The molecule has 2 rings (SSSR count). The Morgan fingerprint density at radius 3 is 2.79 bits per heavy atom. The van der Waals surface area contributed by atoms with E-state index < -0.39 is 12.0 Å². The molecule has 2 heterocycles. The molecule has 1 aliphatic rings. The number of rotatable bonds is 4. The number of nitrogens with zero attached hydrogens (tertiary/aromatic N) is 3. The van der Waals surface area contributed by atoms with Gasteiger partial charge in [-0.1, -0.05) is 0 Å². The highest BCUT2D eigenvalue weighted by molar-refractivity contribution is 5.67. The van der Waals surface area contributed by atoms with Crippen LogP contribution in [-0.4, -0.2) is 33.6 Å². The van der Waals surface area contributed by atoms with Gasteiger partial charge in [0.15, 0.2) is 0 Å². The highest BCUT2D eigenvalue weighted by Gasteiger charge is 2.21. The molecule has 104 valence electrons. The quantitative estimate of drug-likeness (QED) is 0.852. The van der Waals surface area contributed by atoms with Gasteiger partial charge in [0.1, 0.15) is 0 Å². The van der Waals surface area contributed by atoms with Crippen molar-refractivity contribution in [3.8, 4) is 0 Å². The fourth-order valence-corrected chi connectivity index (χ4v) is 2.37. The fraction of sp³-hybridized carbons (Fsp3) is 0.615. The van der Waals surface area contributed by atoms with Gasteiger partial charge in [-0.2, -0.15) is 0 Å². The van der Waals surface area contributed by atoms with Crippen LogP contribution in [0.25, 0.3) is 0 Å². The third-order valence-corrected chi connectivity index (χ3v) is 3.54. The largest absolute Gasteiger partial charge is 0.481 e. The number of carbonyl (C=O) groups is 1. The molecule has 2 atom stereocenters. The van der Waals surface area contributed by atoms with Crippen LogP contribution in [0.5, 0.6) is 0 Å². The number of hydrogen-bond acceptors (Lipinski definition) is 5. The van der Waals surface area contributed by atoms with Crippen molar-refractivity contribution in [3.63, 3.8) is 0 Å². The Morgan fingerprint density at radius 2 is 2.21 bits per heavy atom. The summed E-state index contributed by atoms with van der Waals surface area (Å²) in [6.45, 7) is 3.15. The molecule has 19 heavy (non-hydrogen) atoms. The maximum atomic E-state index is 10.6. The Hall–Kier alpha value is -1.69. The van der Waals surface area contributed by atoms with Crippen molar-refractivity contribution < 1.29 is 9.90 Å². The molecule has 0 aliphatic carbocycles. The number of piperidine rings is 1. The summed E-state index contributed by atoms with van der Waals surface area (Å²) in [6.07, 6.45) is 6.73. The number of nitrogens with two attached hydrogens (primary N) is 1. The summed E-state index contributed by atoms with van der Waals surface area (Å²) >= 11 is 0. The van der Waals surface area contributed by atoms with Crippen LogP contribution in [0, 0.1) is 0 Å². The second kappa shape index (κ2) is 5.97. The van der Waals surface area contributed by atoms with Gasteiger partial charge in [0.2, 0.25) is 5.95 Å². The Morgan fingerprint density at radius 1 is 1.53 bits per heavy atom. The first-order chi connectivity index (χ1) is 9.08. The zero-order chi connectivity index (χ0) is 13.8. The van der Waals surface area contributed by atoms with Gasteiger partial charge < -0.3 is 15.7 Å². The van der Waals surface area contributed by atoms with E-state index in [4.69, 9.17) is 10.8 Å². The van der Waals surface area contributed by atoms with Gasteiger partial charge in [0.25, 0.3) is 0 Å². The molecule has 0 spiro atoms. The van der Waals surface area contributed by atoms with E-state index in [1.807, 2.05) is 0 Å². The van der Waals surface area contributed by atoms with Crippen molar-refractivity contribution in [2.75, 3.05) is 11.4 Å². The van der Waals surface area contributed by atoms with Gasteiger partial charge in [-0.05, 0) is 26.2 Å². The van der Waals surface area contributed by atoms with Crippen molar-refractivity contribution >= 4 is 11.9 Å². The third-order valence-electron chi connectivity index (χ3n) is 3.54. The third kappa shape index (κ3) is 3.41. The number of carboxylic acids is 1. The minimum Gasteiger partial charge on any atom is -0.481 e. The molecule has 1 aliphatic heterocycles. The minimum absolute atomic E-state index is 0.108. The SMILES string of the molecule is C[C@H]1CCCCN1c1ncc([C@H](N)CC(=O)O)cn1. The summed E-state index contributed by atoms with van der Waals surface area (Å²) < 4.78 is 0. The summed E-state index contributed by atoms with van der Waals surface area (Å²) in [4.78, 5) is 21.4. The van der Waals surface area contributed by atoms with Crippen LogP contribution < -0.4 is 10.6 Å². The maximum Gasteiger partial charge on any atom is 0.305 e. The standard InChI is InChI=1S/C13H20N4O2/c1-9-4-2-3-5-17(9)13-15-7-10(8-16-13)11(14)6-12(18)19/h7-9,11H,2-6,14H2,1H3,(H,18,19)/t9-,11+/m0/s1. The molecule has 6 nitrogen and oxygen atoms in total. The highest BCUT2D eigenvalue weighted by Crippen LogP contribution is 2.22. The lowest BCUT2D eigenvalue weighted by atomic mass is 10.0. The summed E-state index contributed by atoms with van der Waals surface area (Å²) in [5.74, 6) is -0.209. The molecule has 1 saturated heterocycles. The maximum absolute atomic E-state index is 10.6. The van der Waals surface area contributed by atoms with Gasteiger partial charge in [0.05, 0.1) is 6.42 Å². The van der Waals surface area contributed by atoms with Crippen molar-refractivity contribution in [2.24, 2.45) is 5.73 Å². The van der Waals surface area contributed by atoms with Crippen LogP contribution in [0.2, 0.25) is 0 Å². The lowest BCUT2D eigenvalue weighted by molar-refractivity contribution is -0.137. The summed E-state index contributed by atoms with van der Waals surface area (Å²) in [5, 5.41) is 8.71. The highest BCUT2D eigenvalue weighted by atomic mass is 16.4. The molecule has 0 unspecified atom stereocenters. The summed E-state index contributed by atoms with van der Waals surface area (Å²) in [6, 6.07) is -0.0994. The molecular formula is C13H20N4O2. The second-order valence-electron chi connectivity index (χ2n) is 5.06. The Balaban J connectivity index is 2.07. The summed E-state index contributed by atoms with van der Waals surface area (Å²) in [5.41, 5.74) is 6.44. The molecule has 0 saturated carbocycles. The van der Waals surface area contributed by atoms with Crippen molar-refractivity contribution in [3.05, 3.63) is 18.0 Å². The molecule has 0 amide bonds. The molecule has 0 radical (unpaired) electrons.